The maximum atomic E-state index is 13.7. The Morgan fingerprint density at radius 2 is 2.06 bits per heavy atom. The number of hydrogen-bond donors (Lipinski definition) is 1. The number of nitrogens with zero attached hydrogens (tertiary/aromatic N) is 1. The Balaban J connectivity index is 2.50. The van der Waals surface area contributed by atoms with Gasteiger partial charge >= 0.3 is 0 Å². The van der Waals surface area contributed by atoms with Crippen molar-refractivity contribution in [2.45, 2.75) is 33.1 Å². The van der Waals surface area contributed by atoms with Gasteiger partial charge in [0.25, 0.3) is 0 Å². The fraction of sp³-hybridized carbons (Fsp3) is 0.400. The van der Waals surface area contributed by atoms with Crippen molar-refractivity contribution in [3.63, 3.8) is 0 Å². The van der Waals surface area contributed by atoms with E-state index in [-0.39, 0.29) is 5.82 Å². The normalized spacial score (nSPS) is 10.8. The predicted octanol–water partition coefficient (Wildman–Crippen LogP) is 4.15. The largest absolute Gasteiger partial charge is 0.370 e. The summed E-state index contributed by atoms with van der Waals surface area (Å²) >= 11 is 0. The first-order valence-electron chi connectivity index (χ1n) is 6.58. The average molecular weight is 246 g/mol. The molecule has 2 aromatic rings. The molecule has 0 fully saturated rings. The molecular weight excluding hydrogens is 227 g/mol. The molecule has 0 spiro atoms. The highest BCUT2D eigenvalue weighted by Gasteiger charge is 2.08. The first-order valence-corrected chi connectivity index (χ1v) is 6.58. The molecule has 0 saturated heterocycles. The van der Waals surface area contributed by atoms with Gasteiger partial charge in [0.1, 0.15) is 17.2 Å². The van der Waals surface area contributed by atoms with E-state index in [4.69, 9.17) is 0 Å². The third-order valence-electron chi connectivity index (χ3n) is 2.94. The summed E-state index contributed by atoms with van der Waals surface area (Å²) in [7, 11) is 0. The molecule has 0 bridgehead atoms. The SMILES string of the molecule is CCCNc1nc2c(F)cccc2cc1CCC. The lowest BCUT2D eigenvalue weighted by molar-refractivity contribution is 0.637. The number of para-hydroxylation sites is 1. The van der Waals surface area contributed by atoms with Crippen LogP contribution in [-0.4, -0.2) is 11.5 Å². The molecule has 1 aromatic carbocycles. The Morgan fingerprint density at radius 3 is 2.78 bits per heavy atom. The Morgan fingerprint density at radius 1 is 1.22 bits per heavy atom. The molecular formula is C15H19FN2. The summed E-state index contributed by atoms with van der Waals surface area (Å²) in [6.45, 7) is 5.11. The molecule has 0 unspecified atom stereocenters. The highest BCUT2D eigenvalue weighted by Crippen LogP contribution is 2.23. The zero-order valence-electron chi connectivity index (χ0n) is 11.0. The van der Waals surface area contributed by atoms with Gasteiger partial charge in [-0.3, -0.25) is 0 Å². The first kappa shape index (κ1) is 12.8. The average Bonchev–Trinajstić information content (AvgIpc) is 2.37. The predicted molar refractivity (Wildman–Crippen MR) is 74.5 cm³/mol. The van der Waals surface area contributed by atoms with Crippen LogP contribution in [0, 0.1) is 5.82 Å². The van der Waals surface area contributed by atoms with E-state index in [1.165, 1.54) is 11.6 Å². The summed E-state index contributed by atoms with van der Waals surface area (Å²) in [4.78, 5) is 4.44. The third kappa shape index (κ3) is 2.61. The van der Waals surface area contributed by atoms with E-state index >= 15 is 0 Å². The number of benzene rings is 1. The molecule has 1 aromatic heterocycles. The van der Waals surface area contributed by atoms with Gasteiger partial charge in [-0.05, 0) is 30.5 Å². The van der Waals surface area contributed by atoms with Crippen molar-refractivity contribution in [2.75, 3.05) is 11.9 Å². The van der Waals surface area contributed by atoms with Crippen LogP contribution in [-0.2, 0) is 6.42 Å². The fourth-order valence-corrected chi connectivity index (χ4v) is 2.06. The molecule has 0 radical (unpaired) electrons. The van der Waals surface area contributed by atoms with Crippen LogP contribution >= 0.6 is 0 Å². The lowest BCUT2D eigenvalue weighted by atomic mass is 10.1. The lowest BCUT2D eigenvalue weighted by Gasteiger charge is -2.12. The number of nitrogens with one attached hydrogen (secondary N) is 1. The van der Waals surface area contributed by atoms with Crippen LogP contribution in [0.15, 0.2) is 24.3 Å². The number of halogens is 1. The van der Waals surface area contributed by atoms with Gasteiger partial charge in [0.2, 0.25) is 0 Å². The van der Waals surface area contributed by atoms with Gasteiger partial charge in [0.15, 0.2) is 0 Å². The van der Waals surface area contributed by atoms with Crippen molar-refractivity contribution in [2.24, 2.45) is 0 Å². The quantitative estimate of drug-likeness (QED) is 0.857. The monoisotopic (exact) mass is 246 g/mol. The van der Waals surface area contributed by atoms with Crippen LogP contribution in [0.2, 0.25) is 0 Å². The van der Waals surface area contributed by atoms with E-state index in [2.05, 4.69) is 24.1 Å². The molecule has 0 aliphatic heterocycles. The highest BCUT2D eigenvalue weighted by atomic mass is 19.1. The molecule has 2 nitrogen and oxygen atoms in total. The van der Waals surface area contributed by atoms with E-state index in [1.54, 1.807) is 6.07 Å². The zero-order chi connectivity index (χ0) is 13.0. The van der Waals surface area contributed by atoms with E-state index in [9.17, 15) is 4.39 Å². The number of aryl methyl sites for hydroxylation is 1. The van der Waals surface area contributed by atoms with Gasteiger partial charge in [-0.1, -0.05) is 32.4 Å². The minimum atomic E-state index is -0.255. The van der Waals surface area contributed by atoms with Crippen molar-refractivity contribution in [1.29, 1.82) is 0 Å². The van der Waals surface area contributed by atoms with E-state index < -0.39 is 0 Å². The Hall–Kier alpha value is -1.64. The number of rotatable bonds is 5. The number of fused-ring (bicyclic) bond motifs is 1. The van der Waals surface area contributed by atoms with Gasteiger partial charge in [-0.15, -0.1) is 0 Å². The van der Waals surface area contributed by atoms with Crippen molar-refractivity contribution in [3.8, 4) is 0 Å². The van der Waals surface area contributed by atoms with Crippen LogP contribution in [0.4, 0.5) is 10.2 Å². The second kappa shape index (κ2) is 5.80. The number of pyridine rings is 1. The number of anilines is 1. The molecule has 1 N–H and O–H groups in total. The summed E-state index contributed by atoms with van der Waals surface area (Å²) < 4.78 is 13.7. The minimum Gasteiger partial charge on any atom is -0.370 e. The van der Waals surface area contributed by atoms with Gasteiger partial charge in [-0.25, -0.2) is 9.37 Å². The van der Waals surface area contributed by atoms with Crippen LogP contribution in [0.25, 0.3) is 10.9 Å². The standard InChI is InChI=1S/C15H19FN2/c1-3-6-12-10-11-7-5-8-13(16)14(11)18-15(12)17-9-4-2/h5,7-8,10H,3-4,6,9H2,1-2H3,(H,17,18). The van der Waals surface area contributed by atoms with Crippen molar-refractivity contribution >= 4 is 16.7 Å². The molecule has 0 aliphatic carbocycles. The number of aromatic nitrogens is 1. The van der Waals surface area contributed by atoms with Gasteiger partial charge < -0.3 is 5.32 Å². The molecule has 0 atom stereocenters. The van der Waals surface area contributed by atoms with Gasteiger partial charge in [-0.2, -0.15) is 0 Å². The third-order valence-corrected chi connectivity index (χ3v) is 2.94. The summed E-state index contributed by atoms with van der Waals surface area (Å²) in [5.74, 6) is 0.575. The van der Waals surface area contributed by atoms with E-state index in [0.717, 1.165) is 37.0 Å². The second-order valence-electron chi connectivity index (χ2n) is 4.48. The Bertz CT molecular complexity index is 537. The lowest BCUT2D eigenvalue weighted by Crippen LogP contribution is -2.06. The topological polar surface area (TPSA) is 24.9 Å². The zero-order valence-corrected chi connectivity index (χ0v) is 11.0. The van der Waals surface area contributed by atoms with Crippen LogP contribution < -0.4 is 5.32 Å². The molecule has 1 heterocycles. The minimum absolute atomic E-state index is 0.255. The van der Waals surface area contributed by atoms with Crippen LogP contribution in [0.1, 0.15) is 32.3 Å². The summed E-state index contributed by atoms with van der Waals surface area (Å²) in [6, 6.07) is 7.15. The molecule has 3 heteroatoms. The summed E-state index contributed by atoms with van der Waals surface area (Å²) in [6.07, 6.45) is 3.05. The summed E-state index contributed by atoms with van der Waals surface area (Å²) in [5, 5.41) is 4.16. The molecule has 0 amide bonds. The van der Waals surface area contributed by atoms with Crippen molar-refractivity contribution in [3.05, 3.63) is 35.6 Å². The van der Waals surface area contributed by atoms with E-state index in [0.29, 0.717) is 5.52 Å². The van der Waals surface area contributed by atoms with Crippen molar-refractivity contribution < 1.29 is 4.39 Å². The second-order valence-corrected chi connectivity index (χ2v) is 4.48. The highest BCUT2D eigenvalue weighted by molar-refractivity contribution is 5.82. The first-order chi connectivity index (χ1) is 8.76. The smallest absolute Gasteiger partial charge is 0.149 e. The fourth-order valence-electron chi connectivity index (χ4n) is 2.06. The van der Waals surface area contributed by atoms with Crippen LogP contribution in [0.5, 0.6) is 0 Å². The van der Waals surface area contributed by atoms with Crippen LogP contribution in [0.3, 0.4) is 0 Å². The number of hydrogen-bond acceptors (Lipinski definition) is 2. The van der Waals surface area contributed by atoms with Crippen molar-refractivity contribution in [1.82, 2.24) is 4.98 Å². The summed E-state index contributed by atoms with van der Waals surface area (Å²) in [5.41, 5.74) is 1.63. The van der Waals surface area contributed by atoms with Gasteiger partial charge in [0.05, 0.1) is 0 Å². The molecule has 0 saturated carbocycles. The Labute approximate surface area is 107 Å². The molecule has 96 valence electrons. The maximum absolute atomic E-state index is 13.7. The molecule has 0 aliphatic rings. The maximum Gasteiger partial charge on any atom is 0.149 e. The Kier molecular flexibility index (Phi) is 4.13. The molecule has 18 heavy (non-hydrogen) atoms. The van der Waals surface area contributed by atoms with E-state index in [1.807, 2.05) is 12.1 Å². The van der Waals surface area contributed by atoms with Gasteiger partial charge in [0, 0.05) is 11.9 Å². The molecule has 2 rings (SSSR count).